The van der Waals surface area contributed by atoms with Gasteiger partial charge in [-0.1, -0.05) is 20.8 Å². The maximum absolute atomic E-state index is 11.9. The first kappa shape index (κ1) is 14.6. The lowest BCUT2D eigenvalue weighted by Gasteiger charge is -2.17. The van der Waals surface area contributed by atoms with Crippen LogP contribution in [0.5, 0.6) is 5.75 Å². The fraction of sp³-hybridized carbons (Fsp3) is 0.533. The van der Waals surface area contributed by atoms with E-state index in [9.17, 15) is 4.79 Å². The average Bonchev–Trinajstić information content (AvgIpc) is 2.36. The minimum Gasteiger partial charge on any atom is -0.494 e. The van der Waals surface area contributed by atoms with Crippen LogP contribution in [0.1, 0.15) is 44.5 Å². The highest BCUT2D eigenvalue weighted by molar-refractivity contribution is 5.94. The van der Waals surface area contributed by atoms with Gasteiger partial charge in [0, 0.05) is 11.6 Å². The molecule has 0 aliphatic rings. The average molecular weight is 249 g/mol. The summed E-state index contributed by atoms with van der Waals surface area (Å²) in [5, 5.41) is 2.98. The summed E-state index contributed by atoms with van der Waals surface area (Å²) in [5.41, 5.74) is 0.673. The van der Waals surface area contributed by atoms with E-state index < -0.39 is 0 Å². The molecule has 0 saturated heterocycles. The number of carbonyl (C=O) groups excluding carboxylic acids is 1. The smallest absolute Gasteiger partial charge is 0.251 e. The molecule has 0 spiro atoms. The largest absolute Gasteiger partial charge is 0.494 e. The van der Waals surface area contributed by atoms with Gasteiger partial charge in [0.1, 0.15) is 5.75 Å². The Morgan fingerprint density at radius 2 is 1.83 bits per heavy atom. The second-order valence-electron chi connectivity index (χ2n) is 4.88. The molecule has 3 nitrogen and oxygen atoms in total. The number of benzene rings is 1. The highest BCUT2D eigenvalue weighted by Crippen LogP contribution is 2.13. The summed E-state index contributed by atoms with van der Waals surface area (Å²) in [7, 11) is 0. The van der Waals surface area contributed by atoms with E-state index in [-0.39, 0.29) is 11.9 Å². The first-order chi connectivity index (χ1) is 8.54. The highest BCUT2D eigenvalue weighted by atomic mass is 16.5. The van der Waals surface area contributed by atoms with Crippen LogP contribution in [0.4, 0.5) is 0 Å². The summed E-state index contributed by atoms with van der Waals surface area (Å²) >= 11 is 0. The number of rotatable bonds is 6. The van der Waals surface area contributed by atoms with Crippen molar-refractivity contribution >= 4 is 5.91 Å². The number of ether oxygens (including phenoxy) is 1. The van der Waals surface area contributed by atoms with Crippen molar-refractivity contribution in [3.05, 3.63) is 29.8 Å². The molecule has 0 radical (unpaired) electrons. The van der Waals surface area contributed by atoms with E-state index in [1.165, 1.54) is 0 Å². The number of hydrogen-bond donors (Lipinski definition) is 1. The Kier molecular flexibility index (Phi) is 5.69. The Balaban J connectivity index is 2.59. The summed E-state index contributed by atoms with van der Waals surface area (Å²) in [6, 6.07) is 7.45. The molecule has 0 fully saturated rings. The van der Waals surface area contributed by atoms with Crippen molar-refractivity contribution in [2.45, 2.75) is 40.2 Å². The molecule has 0 aliphatic carbocycles. The predicted molar refractivity (Wildman–Crippen MR) is 74.0 cm³/mol. The quantitative estimate of drug-likeness (QED) is 0.840. The Morgan fingerprint density at radius 1 is 1.22 bits per heavy atom. The van der Waals surface area contributed by atoms with Gasteiger partial charge in [0.2, 0.25) is 0 Å². The van der Waals surface area contributed by atoms with Crippen LogP contribution in [0.15, 0.2) is 24.3 Å². The lowest BCUT2D eigenvalue weighted by molar-refractivity contribution is 0.0930. The maximum atomic E-state index is 11.9. The van der Waals surface area contributed by atoms with E-state index in [2.05, 4.69) is 26.1 Å². The zero-order valence-corrected chi connectivity index (χ0v) is 11.7. The minimum absolute atomic E-state index is 0.0294. The molecule has 0 heterocycles. The van der Waals surface area contributed by atoms with Crippen LogP contribution in [-0.4, -0.2) is 18.6 Å². The lowest BCUT2D eigenvalue weighted by atomic mass is 10.1. The van der Waals surface area contributed by atoms with E-state index in [0.29, 0.717) is 18.1 Å². The molecule has 18 heavy (non-hydrogen) atoms. The molecule has 1 N–H and O–H groups in total. The van der Waals surface area contributed by atoms with Crippen LogP contribution < -0.4 is 10.1 Å². The van der Waals surface area contributed by atoms with Gasteiger partial charge in [-0.05, 0) is 43.5 Å². The van der Waals surface area contributed by atoms with Crippen LogP contribution in [0.3, 0.4) is 0 Å². The van der Waals surface area contributed by atoms with Crippen LogP contribution in [0.2, 0.25) is 0 Å². The number of amides is 1. The van der Waals surface area contributed by atoms with E-state index in [4.69, 9.17) is 4.74 Å². The number of hydrogen-bond acceptors (Lipinski definition) is 2. The van der Waals surface area contributed by atoms with E-state index in [1.54, 1.807) is 12.1 Å². The molecule has 1 unspecified atom stereocenters. The van der Waals surface area contributed by atoms with E-state index in [0.717, 1.165) is 12.2 Å². The van der Waals surface area contributed by atoms with Gasteiger partial charge >= 0.3 is 0 Å². The molecule has 1 amide bonds. The molecule has 100 valence electrons. The first-order valence-corrected chi connectivity index (χ1v) is 6.58. The first-order valence-electron chi connectivity index (χ1n) is 6.58. The lowest BCUT2D eigenvalue weighted by Crippen LogP contribution is -2.36. The van der Waals surface area contributed by atoms with Crippen molar-refractivity contribution in [1.29, 1.82) is 0 Å². The molecule has 1 atom stereocenters. The third-order valence-electron chi connectivity index (χ3n) is 2.95. The molecule has 0 aromatic heterocycles. The minimum atomic E-state index is -0.0294. The van der Waals surface area contributed by atoms with Crippen molar-refractivity contribution < 1.29 is 9.53 Å². The van der Waals surface area contributed by atoms with Crippen molar-refractivity contribution in [1.82, 2.24) is 5.32 Å². The Bertz CT molecular complexity index is 371. The summed E-state index contributed by atoms with van der Waals surface area (Å²) in [6.45, 7) is 8.96. The monoisotopic (exact) mass is 249 g/mol. The topological polar surface area (TPSA) is 38.3 Å². The molecule has 0 bridgehead atoms. The van der Waals surface area contributed by atoms with Crippen LogP contribution in [-0.2, 0) is 0 Å². The zero-order valence-electron chi connectivity index (χ0n) is 11.7. The molecule has 1 aromatic rings. The summed E-state index contributed by atoms with van der Waals surface area (Å²) in [6.07, 6.45) is 0.980. The highest BCUT2D eigenvalue weighted by Gasteiger charge is 2.12. The van der Waals surface area contributed by atoms with E-state index in [1.807, 2.05) is 19.1 Å². The summed E-state index contributed by atoms with van der Waals surface area (Å²) in [4.78, 5) is 11.9. The van der Waals surface area contributed by atoms with Crippen molar-refractivity contribution in [2.75, 3.05) is 6.61 Å². The van der Waals surface area contributed by atoms with Gasteiger partial charge in [0.15, 0.2) is 0 Å². The van der Waals surface area contributed by atoms with Crippen LogP contribution in [0.25, 0.3) is 0 Å². The fourth-order valence-electron chi connectivity index (χ4n) is 1.38. The van der Waals surface area contributed by atoms with Crippen LogP contribution in [0, 0.1) is 5.92 Å². The second kappa shape index (κ2) is 7.04. The van der Waals surface area contributed by atoms with Gasteiger partial charge in [-0.3, -0.25) is 4.79 Å². The Hall–Kier alpha value is -1.51. The van der Waals surface area contributed by atoms with Gasteiger partial charge < -0.3 is 10.1 Å². The summed E-state index contributed by atoms with van der Waals surface area (Å²) in [5.74, 6) is 1.21. The Morgan fingerprint density at radius 3 is 2.33 bits per heavy atom. The fourth-order valence-corrected chi connectivity index (χ4v) is 1.38. The molecular formula is C15H23NO2. The van der Waals surface area contributed by atoms with Gasteiger partial charge in [-0.2, -0.15) is 0 Å². The Labute approximate surface area is 110 Å². The molecule has 1 aromatic carbocycles. The van der Waals surface area contributed by atoms with Crippen LogP contribution >= 0.6 is 0 Å². The molecular weight excluding hydrogens is 226 g/mol. The SMILES string of the molecule is CCCOc1ccc(C(=O)NC(C)C(C)C)cc1. The van der Waals surface area contributed by atoms with Gasteiger partial charge in [0.25, 0.3) is 5.91 Å². The molecule has 0 saturated carbocycles. The second-order valence-corrected chi connectivity index (χ2v) is 4.88. The number of carbonyl (C=O) groups is 1. The third-order valence-corrected chi connectivity index (χ3v) is 2.95. The van der Waals surface area contributed by atoms with Crippen molar-refractivity contribution in [2.24, 2.45) is 5.92 Å². The van der Waals surface area contributed by atoms with Gasteiger partial charge in [-0.25, -0.2) is 0 Å². The van der Waals surface area contributed by atoms with Gasteiger partial charge in [-0.15, -0.1) is 0 Å². The summed E-state index contributed by atoms with van der Waals surface area (Å²) < 4.78 is 5.48. The third kappa shape index (κ3) is 4.40. The maximum Gasteiger partial charge on any atom is 0.251 e. The van der Waals surface area contributed by atoms with Crippen molar-refractivity contribution in [3.8, 4) is 5.75 Å². The molecule has 1 rings (SSSR count). The zero-order chi connectivity index (χ0) is 13.5. The molecule has 0 aliphatic heterocycles. The standard InChI is InChI=1S/C15H23NO2/c1-5-10-18-14-8-6-13(7-9-14)15(17)16-12(4)11(2)3/h6-9,11-12H,5,10H2,1-4H3,(H,16,17). The van der Waals surface area contributed by atoms with Crippen molar-refractivity contribution in [3.63, 3.8) is 0 Å². The van der Waals surface area contributed by atoms with E-state index >= 15 is 0 Å². The number of nitrogens with one attached hydrogen (secondary N) is 1. The predicted octanol–water partition coefficient (Wildman–Crippen LogP) is 3.25. The molecule has 3 heteroatoms. The van der Waals surface area contributed by atoms with Gasteiger partial charge in [0.05, 0.1) is 6.61 Å². The normalized spacial score (nSPS) is 12.3.